The van der Waals surface area contributed by atoms with Crippen LogP contribution in [0.1, 0.15) is 26.7 Å². The summed E-state index contributed by atoms with van der Waals surface area (Å²) in [7, 11) is 1.85. The van der Waals surface area contributed by atoms with Crippen molar-refractivity contribution in [1.29, 1.82) is 0 Å². The molecule has 0 radical (unpaired) electrons. The molecule has 0 aliphatic heterocycles. The zero-order valence-corrected chi connectivity index (χ0v) is 11.6. The molecule has 0 bridgehead atoms. The first-order valence-electron chi connectivity index (χ1n) is 5.69. The molecule has 0 saturated carbocycles. The Labute approximate surface area is 109 Å². The summed E-state index contributed by atoms with van der Waals surface area (Å²) in [6, 6.07) is 0. The molecule has 0 aliphatic rings. The molecule has 1 atom stereocenters. The second kappa shape index (κ2) is 11.7. The van der Waals surface area contributed by atoms with Gasteiger partial charge in [-0.15, -0.1) is 12.4 Å². The minimum Gasteiger partial charge on any atom is -0.466 e. The van der Waals surface area contributed by atoms with Crippen molar-refractivity contribution in [1.82, 2.24) is 10.6 Å². The lowest BCUT2D eigenvalue weighted by Crippen LogP contribution is -2.32. The summed E-state index contributed by atoms with van der Waals surface area (Å²) < 4.78 is 4.83. The Morgan fingerprint density at radius 3 is 2.53 bits per heavy atom. The van der Waals surface area contributed by atoms with E-state index >= 15 is 0 Å². The first-order valence-corrected chi connectivity index (χ1v) is 5.69. The number of ether oxygens (including phenoxy) is 1. The van der Waals surface area contributed by atoms with E-state index in [0.717, 1.165) is 13.0 Å². The van der Waals surface area contributed by atoms with Gasteiger partial charge in [0.1, 0.15) is 0 Å². The standard InChI is InChI=1S/C11H22N2O3.ClH/c1-4-16-11(15)9(2)8-13-10(14)6-5-7-12-3;/h9,12H,4-8H2,1-3H3,(H,13,14);1H. The van der Waals surface area contributed by atoms with Crippen molar-refractivity contribution in [3.05, 3.63) is 0 Å². The molecule has 17 heavy (non-hydrogen) atoms. The molecule has 6 heteroatoms. The van der Waals surface area contributed by atoms with Crippen molar-refractivity contribution in [3.8, 4) is 0 Å². The molecule has 0 aliphatic carbocycles. The first kappa shape index (κ1) is 18.6. The predicted molar refractivity (Wildman–Crippen MR) is 69.2 cm³/mol. The van der Waals surface area contributed by atoms with E-state index in [1.165, 1.54) is 0 Å². The highest BCUT2D eigenvalue weighted by atomic mass is 35.5. The van der Waals surface area contributed by atoms with Crippen LogP contribution in [0.5, 0.6) is 0 Å². The van der Waals surface area contributed by atoms with E-state index in [1.807, 2.05) is 7.05 Å². The molecule has 0 aromatic rings. The second-order valence-corrected chi connectivity index (χ2v) is 3.66. The van der Waals surface area contributed by atoms with Crippen molar-refractivity contribution in [2.24, 2.45) is 5.92 Å². The molecule has 0 rings (SSSR count). The van der Waals surface area contributed by atoms with Crippen molar-refractivity contribution in [3.63, 3.8) is 0 Å². The molecular formula is C11H23ClN2O3. The largest absolute Gasteiger partial charge is 0.466 e. The second-order valence-electron chi connectivity index (χ2n) is 3.66. The molecule has 2 N–H and O–H groups in total. The number of amides is 1. The topological polar surface area (TPSA) is 67.4 Å². The molecule has 0 spiro atoms. The smallest absolute Gasteiger partial charge is 0.310 e. The zero-order valence-electron chi connectivity index (χ0n) is 10.7. The maximum absolute atomic E-state index is 11.3. The molecule has 0 heterocycles. The van der Waals surface area contributed by atoms with Gasteiger partial charge in [0.15, 0.2) is 0 Å². The Kier molecular flexibility index (Phi) is 12.7. The summed E-state index contributed by atoms with van der Waals surface area (Å²) in [5.41, 5.74) is 0. The van der Waals surface area contributed by atoms with Crippen LogP contribution in [0.25, 0.3) is 0 Å². The fourth-order valence-corrected chi connectivity index (χ4v) is 1.15. The molecule has 0 aromatic carbocycles. The van der Waals surface area contributed by atoms with E-state index in [0.29, 0.717) is 19.6 Å². The van der Waals surface area contributed by atoms with Crippen LogP contribution >= 0.6 is 12.4 Å². The van der Waals surface area contributed by atoms with Gasteiger partial charge in [-0.05, 0) is 26.9 Å². The van der Waals surface area contributed by atoms with E-state index in [1.54, 1.807) is 13.8 Å². The van der Waals surface area contributed by atoms with E-state index < -0.39 is 0 Å². The monoisotopic (exact) mass is 266 g/mol. The normalized spacial score (nSPS) is 11.2. The average Bonchev–Trinajstić information content (AvgIpc) is 2.26. The summed E-state index contributed by atoms with van der Waals surface area (Å²) >= 11 is 0. The van der Waals surface area contributed by atoms with Crippen LogP contribution in [0, 0.1) is 5.92 Å². The predicted octanol–water partition coefficient (Wildman–Crippen LogP) is 0.723. The first-order chi connectivity index (χ1) is 7.61. The number of carbonyl (C=O) groups is 2. The van der Waals surface area contributed by atoms with E-state index in [-0.39, 0.29) is 30.2 Å². The minimum absolute atomic E-state index is 0. The molecule has 0 fully saturated rings. The number of carbonyl (C=O) groups excluding carboxylic acids is 2. The van der Waals surface area contributed by atoms with Crippen LogP contribution in [0.4, 0.5) is 0 Å². The summed E-state index contributed by atoms with van der Waals surface area (Å²) in [4.78, 5) is 22.5. The third kappa shape index (κ3) is 10.1. The Morgan fingerprint density at radius 2 is 2.00 bits per heavy atom. The van der Waals surface area contributed by atoms with Gasteiger partial charge in [0, 0.05) is 13.0 Å². The molecule has 1 unspecified atom stereocenters. The molecule has 0 saturated heterocycles. The molecule has 102 valence electrons. The van der Waals surface area contributed by atoms with Crippen LogP contribution < -0.4 is 10.6 Å². The molecule has 5 nitrogen and oxygen atoms in total. The van der Waals surface area contributed by atoms with Crippen molar-refractivity contribution in [2.45, 2.75) is 26.7 Å². The lowest BCUT2D eigenvalue weighted by molar-refractivity contribution is -0.147. The number of rotatable bonds is 8. The molecule has 0 aromatic heterocycles. The molecular weight excluding hydrogens is 244 g/mol. The highest BCUT2D eigenvalue weighted by Gasteiger charge is 2.14. The zero-order chi connectivity index (χ0) is 12.4. The SMILES string of the molecule is CCOC(=O)C(C)CNC(=O)CCCNC.Cl. The Balaban J connectivity index is 0. The van der Waals surface area contributed by atoms with E-state index in [4.69, 9.17) is 4.74 Å². The number of halogens is 1. The van der Waals surface area contributed by atoms with Crippen LogP contribution in [-0.4, -0.2) is 38.6 Å². The summed E-state index contributed by atoms with van der Waals surface area (Å²) in [6.45, 7) is 5.05. The highest BCUT2D eigenvalue weighted by Crippen LogP contribution is 1.97. The average molecular weight is 267 g/mol. The van der Waals surface area contributed by atoms with Crippen LogP contribution in [0.15, 0.2) is 0 Å². The summed E-state index contributed by atoms with van der Waals surface area (Å²) in [6.07, 6.45) is 1.28. The lowest BCUT2D eigenvalue weighted by atomic mass is 10.2. The van der Waals surface area contributed by atoms with E-state index in [2.05, 4.69) is 10.6 Å². The van der Waals surface area contributed by atoms with Crippen molar-refractivity contribution < 1.29 is 14.3 Å². The number of esters is 1. The quantitative estimate of drug-likeness (QED) is 0.502. The van der Waals surface area contributed by atoms with Crippen molar-refractivity contribution in [2.75, 3.05) is 26.7 Å². The van der Waals surface area contributed by atoms with Crippen LogP contribution in [0.3, 0.4) is 0 Å². The van der Waals surface area contributed by atoms with Gasteiger partial charge in [0.2, 0.25) is 5.91 Å². The minimum atomic E-state index is -0.284. The van der Waals surface area contributed by atoms with Gasteiger partial charge in [-0.3, -0.25) is 9.59 Å². The van der Waals surface area contributed by atoms with Crippen LogP contribution in [-0.2, 0) is 14.3 Å². The fraction of sp³-hybridized carbons (Fsp3) is 0.818. The number of hydrogen-bond donors (Lipinski definition) is 2. The highest BCUT2D eigenvalue weighted by molar-refractivity contribution is 5.85. The van der Waals surface area contributed by atoms with Crippen LogP contribution in [0.2, 0.25) is 0 Å². The maximum atomic E-state index is 11.3. The summed E-state index contributed by atoms with van der Waals surface area (Å²) in [5, 5.41) is 5.68. The Bertz CT molecular complexity index is 225. The van der Waals surface area contributed by atoms with Gasteiger partial charge in [0.25, 0.3) is 0 Å². The Hall–Kier alpha value is -0.810. The third-order valence-corrected chi connectivity index (χ3v) is 2.12. The van der Waals surface area contributed by atoms with Gasteiger partial charge in [0.05, 0.1) is 12.5 Å². The van der Waals surface area contributed by atoms with Gasteiger partial charge in [-0.25, -0.2) is 0 Å². The summed E-state index contributed by atoms with van der Waals surface area (Å²) in [5.74, 6) is -0.572. The number of nitrogens with one attached hydrogen (secondary N) is 2. The third-order valence-electron chi connectivity index (χ3n) is 2.12. The van der Waals surface area contributed by atoms with Gasteiger partial charge >= 0.3 is 5.97 Å². The van der Waals surface area contributed by atoms with Gasteiger partial charge in [-0.1, -0.05) is 6.92 Å². The van der Waals surface area contributed by atoms with Gasteiger partial charge in [-0.2, -0.15) is 0 Å². The molecule has 1 amide bonds. The maximum Gasteiger partial charge on any atom is 0.310 e. The van der Waals surface area contributed by atoms with E-state index in [9.17, 15) is 9.59 Å². The number of hydrogen-bond acceptors (Lipinski definition) is 4. The van der Waals surface area contributed by atoms with Crippen molar-refractivity contribution >= 4 is 24.3 Å². The van der Waals surface area contributed by atoms with Gasteiger partial charge < -0.3 is 15.4 Å². The Morgan fingerprint density at radius 1 is 1.35 bits per heavy atom. The lowest BCUT2D eigenvalue weighted by Gasteiger charge is -2.11. The fourth-order valence-electron chi connectivity index (χ4n) is 1.15.